The zero-order valence-corrected chi connectivity index (χ0v) is 9.89. The molecule has 2 aliphatic carbocycles. The van der Waals surface area contributed by atoms with Gasteiger partial charge in [-0.3, -0.25) is 0 Å². The molecule has 0 radical (unpaired) electrons. The van der Waals surface area contributed by atoms with Crippen LogP contribution in [0.4, 0.5) is 0 Å². The van der Waals surface area contributed by atoms with E-state index >= 15 is 0 Å². The maximum absolute atomic E-state index is 9.73. The Morgan fingerprint density at radius 3 is 2.35 bits per heavy atom. The molecule has 0 bridgehead atoms. The Morgan fingerprint density at radius 1 is 1.12 bits per heavy atom. The normalized spacial score (nSPS) is 19.8. The summed E-state index contributed by atoms with van der Waals surface area (Å²) in [6.45, 7) is 0.651. The monoisotopic (exact) mass is 233 g/mol. The van der Waals surface area contributed by atoms with Gasteiger partial charge in [0.2, 0.25) is 0 Å². The molecule has 1 aromatic rings. The van der Waals surface area contributed by atoms with Crippen molar-refractivity contribution in [3.05, 3.63) is 23.8 Å². The Balaban J connectivity index is 1.64. The van der Waals surface area contributed by atoms with Gasteiger partial charge in [0.1, 0.15) is 0 Å². The van der Waals surface area contributed by atoms with E-state index in [1.54, 1.807) is 6.07 Å². The van der Waals surface area contributed by atoms with Crippen LogP contribution in [0.25, 0.3) is 0 Å². The molecule has 1 aromatic carbocycles. The summed E-state index contributed by atoms with van der Waals surface area (Å²) in [7, 11) is 0. The molecule has 3 N–H and O–H groups in total. The highest BCUT2D eigenvalue weighted by atomic mass is 16.3. The molecule has 0 spiro atoms. The van der Waals surface area contributed by atoms with Crippen LogP contribution >= 0.6 is 0 Å². The minimum Gasteiger partial charge on any atom is -0.504 e. The molecule has 3 heteroatoms. The molecule has 0 unspecified atom stereocenters. The maximum atomic E-state index is 9.73. The van der Waals surface area contributed by atoms with Crippen LogP contribution < -0.4 is 5.32 Å². The molecular formula is C14H19NO2. The summed E-state index contributed by atoms with van der Waals surface area (Å²) >= 11 is 0. The Hall–Kier alpha value is -1.22. The quantitative estimate of drug-likeness (QED) is 0.684. The van der Waals surface area contributed by atoms with Gasteiger partial charge in [0.15, 0.2) is 11.5 Å². The van der Waals surface area contributed by atoms with Gasteiger partial charge in [0.05, 0.1) is 0 Å². The Kier molecular flexibility index (Phi) is 2.71. The zero-order valence-electron chi connectivity index (χ0n) is 9.89. The molecular weight excluding hydrogens is 214 g/mol. The molecule has 0 aliphatic heterocycles. The van der Waals surface area contributed by atoms with Gasteiger partial charge < -0.3 is 15.5 Å². The van der Waals surface area contributed by atoms with Crippen molar-refractivity contribution >= 4 is 0 Å². The number of hydrogen-bond acceptors (Lipinski definition) is 3. The fourth-order valence-corrected chi connectivity index (χ4v) is 2.58. The van der Waals surface area contributed by atoms with Gasteiger partial charge in [-0.25, -0.2) is 0 Å². The molecule has 92 valence electrons. The van der Waals surface area contributed by atoms with E-state index in [-0.39, 0.29) is 11.5 Å². The van der Waals surface area contributed by atoms with Gasteiger partial charge in [-0.1, -0.05) is 12.1 Å². The number of nitrogens with one attached hydrogen (secondary N) is 1. The first-order valence-electron chi connectivity index (χ1n) is 6.49. The van der Waals surface area contributed by atoms with Crippen LogP contribution in [0.3, 0.4) is 0 Å². The minimum absolute atomic E-state index is 0.0188. The Morgan fingerprint density at radius 2 is 1.76 bits per heavy atom. The fourth-order valence-electron chi connectivity index (χ4n) is 2.58. The summed E-state index contributed by atoms with van der Waals surface area (Å²) in [5.74, 6) is 1.69. The van der Waals surface area contributed by atoms with Gasteiger partial charge in [0.25, 0.3) is 0 Å². The van der Waals surface area contributed by atoms with Gasteiger partial charge in [-0.2, -0.15) is 0 Å². The van der Waals surface area contributed by atoms with Gasteiger partial charge >= 0.3 is 0 Å². The number of aromatic hydroxyl groups is 2. The predicted octanol–water partition coefficient (Wildman–Crippen LogP) is 2.38. The lowest BCUT2D eigenvalue weighted by atomic mass is 10.1. The maximum Gasteiger partial charge on any atom is 0.161 e. The number of rotatable bonds is 5. The van der Waals surface area contributed by atoms with Crippen LogP contribution in [-0.2, 0) is 6.54 Å². The minimum atomic E-state index is -0.0290. The SMILES string of the molecule is Oc1cccc(CNC(C2CC2)C2CC2)c1O. The van der Waals surface area contributed by atoms with Crippen LogP contribution in [0.15, 0.2) is 18.2 Å². The summed E-state index contributed by atoms with van der Waals surface area (Å²) in [6, 6.07) is 5.77. The van der Waals surface area contributed by atoms with E-state index in [2.05, 4.69) is 5.32 Å². The van der Waals surface area contributed by atoms with Crippen LogP contribution in [0, 0.1) is 11.8 Å². The Bertz CT molecular complexity index is 399. The summed E-state index contributed by atoms with van der Waals surface area (Å²) < 4.78 is 0. The molecule has 0 saturated heterocycles. The third kappa shape index (κ3) is 2.39. The third-order valence-electron chi connectivity index (χ3n) is 3.89. The second-order valence-corrected chi connectivity index (χ2v) is 5.37. The first kappa shape index (κ1) is 10.9. The van der Waals surface area contributed by atoms with Crippen LogP contribution in [-0.4, -0.2) is 16.3 Å². The van der Waals surface area contributed by atoms with Gasteiger partial charge in [-0.15, -0.1) is 0 Å². The smallest absolute Gasteiger partial charge is 0.161 e. The molecule has 2 aliphatic rings. The van der Waals surface area contributed by atoms with Crippen molar-refractivity contribution in [2.24, 2.45) is 11.8 Å². The first-order valence-corrected chi connectivity index (χ1v) is 6.49. The highest BCUT2D eigenvalue weighted by molar-refractivity contribution is 5.44. The van der Waals surface area contributed by atoms with E-state index in [9.17, 15) is 10.2 Å². The van der Waals surface area contributed by atoms with E-state index < -0.39 is 0 Å². The highest BCUT2D eigenvalue weighted by Crippen LogP contribution is 2.44. The molecule has 0 heterocycles. The second-order valence-electron chi connectivity index (χ2n) is 5.37. The zero-order chi connectivity index (χ0) is 11.8. The molecule has 0 atom stereocenters. The summed E-state index contributed by atoms with van der Waals surface area (Å²) in [6.07, 6.45) is 5.39. The number of benzene rings is 1. The predicted molar refractivity (Wildman–Crippen MR) is 65.8 cm³/mol. The van der Waals surface area contributed by atoms with Crippen LogP contribution in [0.1, 0.15) is 31.2 Å². The van der Waals surface area contributed by atoms with Crippen molar-refractivity contribution < 1.29 is 10.2 Å². The first-order chi connectivity index (χ1) is 8.25. The lowest BCUT2D eigenvalue weighted by Gasteiger charge is -2.18. The highest BCUT2D eigenvalue weighted by Gasteiger charge is 2.40. The van der Waals surface area contributed by atoms with Crippen molar-refractivity contribution in [3.8, 4) is 11.5 Å². The van der Waals surface area contributed by atoms with E-state index in [4.69, 9.17) is 0 Å². The average molecular weight is 233 g/mol. The number of hydrogen-bond donors (Lipinski definition) is 3. The topological polar surface area (TPSA) is 52.5 Å². The van der Waals surface area contributed by atoms with Crippen LogP contribution in [0.5, 0.6) is 11.5 Å². The lowest BCUT2D eigenvalue weighted by molar-refractivity contribution is 0.385. The second kappa shape index (κ2) is 4.22. The molecule has 0 aromatic heterocycles. The number of para-hydroxylation sites is 1. The Labute approximate surface area is 101 Å². The average Bonchev–Trinajstić information content (AvgIpc) is 3.14. The van der Waals surface area contributed by atoms with Crippen molar-refractivity contribution in [2.75, 3.05) is 0 Å². The van der Waals surface area contributed by atoms with Crippen molar-refractivity contribution in [1.82, 2.24) is 5.32 Å². The summed E-state index contributed by atoms with van der Waals surface area (Å²) in [5, 5.41) is 22.7. The van der Waals surface area contributed by atoms with Crippen molar-refractivity contribution in [3.63, 3.8) is 0 Å². The largest absolute Gasteiger partial charge is 0.504 e. The molecule has 2 saturated carbocycles. The van der Waals surface area contributed by atoms with Gasteiger partial charge in [0, 0.05) is 18.2 Å². The number of phenols is 2. The van der Waals surface area contributed by atoms with E-state index in [0.717, 1.165) is 17.4 Å². The lowest BCUT2D eigenvalue weighted by Crippen LogP contribution is -2.32. The van der Waals surface area contributed by atoms with Crippen LogP contribution in [0.2, 0.25) is 0 Å². The molecule has 17 heavy (non-hydrogen) atoms. The standard InChI is InChI=1S/C14H19NO2/c16-12-3-1-2-11(14(12)17)8-15-13(9-4-5-9)10-6-7-10/h1-3,9-10,13,15-17H,4-8H2. The van der Waals surface area contributed by atoms with E-state index in [1.165, 1.54) is 31.7 Å². The summed E-state index contributed by atoms with van der Waals surface area (Å²) in [5.41, 5.74) is 0.788. The molecule has 3 nitrogen and oxygen atoms in total. The van der Waals surface area contributed by atoms with Gasteiger partial charge in [-0.05, 0) is 43.6 Å². The molecule has 2 fully saturated rings. The molecule has 3 rings (SSSR count). The molecule has 0 amide bonds. The van der Waals surface area contributed by atoms with Crippen molar-refractivity contribution in [1.29, 1.82) is 0 Å². The summed E-state index contributed by atoms with van der Waals surface area (Å²) in [4.78, 5) is 0. The fraction of sp³-hybridized carbons (Fsp3) is 0.571. The van der Waals surface area contributed by atoms with E-state index in [0.29, 0.717) is 12.6 Å². The van der Waals surface area contributed by atoms with Crippen molar-refractivity contribution in [2.45, 2.75) is 38.3 Å². The number of phenolic OH excluding ortho intramolecular Hbond substituents is 2. The van der Waals surface area contributed by atoms with E-state index in [1.807, 2.05) is 6.07 Å². The third-order valence-corrected chi connectivity index (χ3v) is 3.89.